The molecule has 2 aromatic heterocycles. The Kier molecular flexibility index (Phi) is 3.30. The van der Waals surface area contributed by atoms with Gasteiger partial charge in [0.25, 0.3) is 0 Å². The number of anilines is 1. The van der Waals surface area contributed by atoms with Crippen LogP contribution in [0.2, 0.25) is 0 Å². The molecule has 2 heterocycles. The number of aromatic nitrogens is 3. The first-order valence-electron chi connectivity index (χ1n) is 9.11. The molecule has 0 atom stereocenters. The Morgan fingerprint density at radius 2 is 1.88 bits per heavy atom. The van der Waals surface area contributed by atoms with Crippen LogP contribution < -0.4 is 5.32 Å². The lowest BCUT2D eigenvalue weighted by Crippen LogP contribution is -2.14. The number of fused-ring (bicyclic) bond motifs is 2. The lowest BCUT2D eigenvalue weighted by Gasteiger charge is -2.13. The monoisotopic (exact) mass is 330 g/mol. The molecule has 0 aliphatic heterocycles. The number of aromatic amines is 2. The lowest BCUT2D eigenvalue weighted by molar-refractivity contribution is 0.756. The first-order valence-corrected chi connectivity index (χ1v) is 9.11. The quantitative estimate of drug-likeness (QED) is 0.473. The fourth-order valence-corrected chi connectivity index (χ4v) is 3.98. The molecule has 4 heteroatoms. The van der Waals surface area contributed by atoms with Crippen molar-refractivity contribution in [3.05, 3.63) is 48.0 Å². The summed E-state index contributed by atoms with van der Waals surface area (Å²) in [5.74, 6) is 0. The van der Waals surface area contributed by atoms with Crippen LogP contribution in [-0.2, 0) is 0 Å². The third-order valence-electron chi connectivity index (χ3n) is 5.32. The molecule has 1 aliphatic rings. The van der Waals surface area contributed by atoms with E-state index in [0.29, 0.717) is 6.04 Å². The lowest BCUT2D eigenvalue weighted by atomic mass is 10.1. The Labute approximate surface area is 146 Å². The van der Waals surface area contributed by atoms with Crippen LogP contribution in [0.3, 0.4) is 0 Å². The van der Waals surface area contributed by atoms with Crippen molar-refractivity contribution in [2.24, 2.45) is 0 Å². The molecule has 126 valence electrons. The van der Waals surface area contributed by atoms with Crippen molar-refractivity contribution in [3.8, 4) is 11.4 Å². The Bertz CT molecular complexity index is 1050. The third kappa shape index (κ3) is 2.58. The largest absolute Gasteiger partial charge is 0.382 e. The van der Waals surface area contributed by atoms with Gasteiger partial charge in [0.1, 0.15) is 5.69 Å². The highest BCUT2D eigenvalue weighted by Gasteiger charge is 2.16. The van der Waals surface area contributed by atoms with Crippen LogP contribution in [0, 0.1) is 6.92 Å². The molecule has 3 N–H and O–H groups in total. The van der Waals surface area contributed by atoms with Gasteiger partial charge in [-0.25, -0.2) is 0 Å². The van der Waals surface area contributed by atoms with Crippen molar-refractivity contribution < 1.29 is 0 Å². The highest BCUT2D eigenvalue weighted by Crippen LogP contribution is 2.31. The van der Waals surface area contributed by atoms with Crippen LogP contribution in [-0.4, -0.2) is 21.2 Å². The van der Waals surface area contributed by atoms with Gasteiger partial charge in [0.2, 0.25) is 0 Å². The number of hydrogen-bond acceptors (Lipinski definition) is 2. The average Bonchev–Trinajstić information content (AvgIpc) is 3.32. The van der Waals surface area contributed by atoms with Gasteiger partial charge in [0.15, 0.2) is 0 Å². The second kappa shape index (κ2) is 5.66. The van der Waals surface area contributed by atoms with E-state index in [1.165, 1.54) is 42.3 Å². The van der Waals surface area contributed by atoms with Gasteiger partial charge in [-0.1, -0.05) is 25.0 Å². The predicted octanol–water partition coefficient (Wildman–Crippen LogP) is 5.37. The maximum Gasteiger partial charge on any atom is 0.116 e. The van der Waals surface area contributed by atoms with Gasteiger partial charge in [-0.2, -0.15) is 5.10 Å². The van der Waals surface area contributed by atoms with E-state index in [4.69, 9.17) is 0 Å². The summed E-state index contributed by atoms with van der Waals surface area (Å²) in [6, 6.07) is 15.8. The van der Waals surface area contributed by atoms with Crippen LogP contribution in [0.25, 0.3) is 33.2 Å². The molecule has 5 rings (SSSR count). The summed E-state index contributed by atoms with van der Waals surface area (Å²) in [6.45, 7) is 2.12. The van der Waals surface area contributed by atoms with Gasteiger partial charge in [0, 0.05) is 28.0 Å². The smallest absolute Gasteiger partial charge is 0.116 e. The first kappa shape index (κ1) is 14.6. The average molecular weight is 330 g/mol. The van der Waals surface area contributed by atoms with Crippen molar-refractivity contribution in [3.63, 3.8) is 0 Å². The zero-order chi connectivity index (χ0) is 16.8. The Morgan fingerprint density at radius 1 is 1.00 bits per heavy atom. The molecule has 0 bridgehead atoms. The molecule has 4 aromatic rings. The SMILES string of the molecule is Cc1ccc2cc(-c3n[nH]c4ccc(NC5CCCC5)cc34)[nH]c2c1. The molecule has 1 fully saturated rings. The third-order valence-corrected chi connectivity index (χ3v) is 5.32. The maximum atomic E-state index is 4.57. The van der Waals surface area contributed by atoms with Crippen molar-refractivity contribution in [2.75, 3.05) is 5.32 Å². The molecule has 2 aromatic carbocycles. The molecule has 0 unspecified atom stereocenters. The van der Waals surface area contributed by atoms with Crippen LogP contribution in [0.15, 0.2) is 42.5 Å². The molecule has 4 nitrogen and oxygen atoms in total. The summed E-state index contributed by atoms with van der Waals surface area (Å²) >= 11 is 0. The second-order valence-electron chi connectivity index (χ2n) is 7.23. The zero-order valence-electron chi connectivity index (χ0n) is 14.4. The Morgan fingerprint density at radius 3 is 2.76 bits per heavy atom. The summed E-state index contributed by atoms with van der Waals surface area (Å²) in [4.78, 5) is 3.52. The Balaban J connectivity index is 1.57. The maximum absolute atomic E-state index is 4.57. The van der Waals surface area contributed by atoms with Crippen LogP contribution >= 0.6 is 0 Å². The normalized spacial score (nSPS) is 15.4. The van der Waals surface area contributed by atoms with Crippen LogP contribution in [0.4, 0.5) is 5.69 Å². The molecule has 0 amide bonds. The second-order valence-corrected chi connectivity index (χ2v) is 7.23. The zero-order valence-corrected chi connectivity index (χ0v) is 14.4. The predicted molar refractivity (Wildman–Crippen MR) is 104 cm³/mol. The number of nitrogens with zero attached hydrogens (tertiary/aromatic N) is 1. The van der Waals surface area contributed by atoms with E-state index < -0.39 is 0 Å². The molecular formula is C21H22N4. The molecule has 1 saturated carbocycles. The standard InChI is InChI=1S/C21H22N4/c1-13-6-7-14-11-20(23-19(14)10-13)21-17-12-16(8-9-18(17)24-25-21)22-15-4-2-3-5-15/h6-12,15,22-23H,2-5H2,1H3,(H,24,25). The number of hydrogen-bond donors (Lipinski definition) is 3. The van der Waals surface area contributed by atoms with Gasteiger partial charge in [-0.3, -0.25) is 5.10 Å². The van der Waals surface area contributed by atoms with E-state index >= 15 is 0 Å². The van der Waals surface area contributed by atoms with Crippen LogP contribution in [0.5, 0.6) is 0 Å². The summed E-state index contributed by atoms with van der Waals surface area (Å²) in [5, 5.41) is 13.8. The van der Waals surface area contributed by atoms with Gasteiger partial charge in [0.05, 0.1) is 11.2 Å². The van der Waals surface area contributed by atoms with E-state index in [2.05, 4.69) is 69.9 Å². The van der Waals surface area contributed by atoms with E-state index in [-0.39, 0.29) is 0 Å². The van der Waals surface area contributed by atoms with E-state index in [9.17, 15) is 0 Å². The van der Waals surface area contributed by atoms with Crippen molar-refractivity contribution in [1.29, 1.82) is 0 Å². The summed E-state index contributed by atoms with van der Waals surface area (Å²) in [5.41, 5.74) is 6.72. The number of benzene rings is 2. The van der Waals surface area contributed by atoms with E-state index in [0.717, 1.165) is 27.8 Å². The van der Waals surface area contributed by atoms with Gasteiger partial charge in [-0.05, 0) is 55.7 Å². The number of nitrogens with one attached hydrogen (secondary N) is 3. The van der Waals surface area contributed by atoms with Gasteiger partial charge < -0.3 is 10.3 Å². The highest BCUT2D eigenvalue weighted by molar-refractivity contribution is 5.97. The topological polar surface area (TPSA) is 56.5 Å². The van der Waals surface area contributed by atoms with Gasteiger partial charge >= 0.3 is 0 Å². The van der Waals surface area contributed by atoms with E-state index in [1.54, 1.807) is 0 Å². The molecule has 25 heavy (non-hydrogen) atoms. The fraction of sp³-hybridized carbons (Fsp3) is 0.286. The Hall–Kier alpha value is -2.75. The molecule has 1 aliphatic carbocycles. The number of aryl methyl sites for hydroxylation is 1. The minimum absolute atomic E-state index is 0.615. The minimum atomic E-state index is 0.615. The molecule has 0 spiro atoms. The number of H-pyrrole nitrogens is 2. The molecule has 0 saturated heterocycles. The van der Waals surface area contributed by atoms with Crippen LogP contribution in [0.1, 0.15) is 31.2 Å². The van der Waals surface area contributed by atoms with Gasteiger partial charge in [-0.15, -0.1) is 0 Å². The summed E-state index contributed by atoms with van der Waals surface area (Å²) in [7, 11) is 0. The highest BCUT2D eigenvalue weighted by atomic mass is 15.1. The van der Waals surface area contributed by atoms with Crippen molar-refractivity contribution in [2.45, 2.75) is 38.6 Å². The van der Waals surface area contributed by atoms with Crippen molar-refractivity contribution >= 4 is 27.5 Å². The fourth-order valence-electron chi connectivity index (χ4n) is 3.98. The van der Waals surface area contributed by atoms with E-state index in [1.807, 2.05) is 0 Å². The summed E-state index contributed by atoms with van der Waals surface area (Å²) < 4.78 is 0. The molecule has 0 radical (unpaired) electrons. The minimum Gasteiger partial charge on any atom is -0.382 e. The first-order chi connectivity index (χ1) is 12.3. The number of rotatable bonds is 3. The summed E-state index contributed by atoms with van der Waals surface area (Å²) in [6.07, 6.45) is 5.23. The van der Waals surface area contributed by atoms with Crippen molar-refractivity contribution in [1.82, 2.24) is 15.2 Å². The molecular weight excluding hydrogens is 308 g/mol.